The van der Waals surface area contributed by atoms with Crippen molar-refractivity contribution in [3.8, 4) is 0 Å². The summed E-state index contributed by atoms with van der Waals surface area (Å²) in [5, 5.41) is 7.09. The van der Waals surface area contributed by atoms with Gasteiger partial charge in [-0.05, 0) is 12.3 Å². The maximum atomic E-state index is 5.00. The van der Waals surface area contributed by atoms with E-state index in [1.807, 2.05) is 6.92 Å². The van der Waals surface area contributed by atoms with Crippen LogP contribution < -0.4 is 5.32 Å². The zero-order valence-corrected chi connectivity index (χ0v) is 10.6. The number of hydrogen-bond acceptors (Lipinski definition) is 4. The zero-order valence-electron chi connectivity index (χ0n) is 9.83. The van der Waals surface area contributed by atoms with E-state index in [1.165, 1.54) is 0 Å². The molecule has 0 spiro atoms. The lowest BCUT2D eigenvalue weighted by Crippen LogP contribution is -2.28. The minimum atomic E-state index is 0. The zero-order chi connectivity index (χ0) is 10.6. The molecule has 0 unspecified atom stereocenters. The number of halogens is 1. The lowest BCUT2D eigenvalue weighted by molar-refractivity contribution is 0.355. The van der Waals surface area contributed by atoms with Crippen LogP contribution in [0.15, 0.2) is 4.52 Å². The van der Waals surface area contributed by atoms with Crippen molar-refractivity contribution in [1.29, 1.82) is 0 Å². The van der Waals surface area contributed by atoms with Crippen LogP contribution in [0, 0.1) is 12.3 Å². The van der Waals surface area contributed by atoms with Crippen LogP contribution in [0.3, 0.4) is 0 Å². The molecule has 0 bridgehead atoms. The van der Waals surface area contributed by atoms with E-state index < -0.39 is 0 Å². The molecule has 0 fully saturated rings. The Morgan fingerprint density at radius 3 is 2.47 bits per heavy atom. The summed E-state index contributed by atoms with van der Waals surface area (Å²) >= 11 is 0. The molecule has 0 aliphatic carbocycles. The van der Waals surface area contributed by atoms with Crippen molar-refractivity contribution in [3.05, 3.63) is 11.7 Å². The first kappa shape index (κ1) is 14.4. The van der Waals surface area contributed by atoms with E-state index in [0.29, 0.717) is 17.1 Å². The summed E-state index contributed by atoms with van der Waals surface area (Å²) in [6.07, 6.45) is 0.803. The first-order chi connectivity index (χ1) is 6.47. The normalized spacial score (nSPS) is 11.2. The second kappa shape index (κ2) is 6.08. The van der Waals surface area contributed by atoms with Crippen LogP contribution in [0.5, 0.6) is 0 Å². The molecule has 0 radical (unpaired) electrons. The Balaban J connectivity index is 0.00000196. The second-order valence-electron chi connectivity index (χ2n) is 4.72. The number of hydrogen-bond donors (Lipinski definition) is 1. The molecule has 0 aliphatic heterocycles. The maximum absolute atomic E-state index is 5.00. The summed E-state index contributed by atoms with van der Waals surface area (Å²) in [6.45, 7) is 10.3. The van der Waals surface area contributed by atoms with Gasteiger partial charge in [-0.15, -0.1) is 12.4 Å². The van der Waals surface area contributed by atoms with Gasteiger partial charge in [0.05, 0.1) is 0 Å². The van der Waals surface area contributed by atoms with E-state index in [-0.39, 0.29) is 12.4 Å². The summed E-state index contributed by atoms with van der Waals surface area (Å²) in [4.78, 5) is 4.13. The van der Waals surface area contributed by atoms with E-state index in [1.54, 1.807) is 0 Å². The molecule has 0 saturated heterocycles. The van der Waals surface area contributed by atoms with Crippen molar-refractivity contribution in [2.75, 3.05) is 13.1 Å². The van der Waals surface area contributed by atoms with Crippen LogP contribution >= 0.6 is 12.4 Å². The number of nitrogens with zero attached hydrogens (tertiary/aromatic N) is 2. The maximum Gasteiger partial charge on any atom is 0.227 e. The van der Waals surface area contributed by atoms with E-state index in [9.17, 15) is 0 Å². The van der Waals surface area contributed by atoms with Crippen molar-refractivity contribution in [2.45, 2.75) is 34.1 Å². The van der Waals surface area contributed by atoms with Crippen LogP contribution in [-0.4, -0.2) is 23.2 Å². The molecule has 0 atom stereocenters. The first-order valence-electron chi connectivity index (χ1n) is 4.97. The minimum Gasteiger partial charge on any atom is -0.339 e. The SMILES string of the molecule is Cc1noc(CCNCC(C)(C)C)n1.Cl. The van der Waals surface area contributed by atoms with Gasteiger partial charge in [0.1, 0.15) is 0 Å². The molecule has 15 heavy (non-hydrogen) atoms. The fraction of sp³-hybridized carbons (Fsp3) is 0.800. The van der Waals surface area contributed by atoms with E-state index >= 15 is 0 Å². The highest BCUT2D eigenvalue weighted by atomic mass is 35.5. The summed E-state index contributed by atoms with van der Waals surface area (Å²) in [5.74, 6) is 1.42. The average molecular weight is 234 g/mol. The Hall–Kier alpha value is -0.610. The molecule has 5 heteroatoms. The number of nitrogens with one attached hydrogen (secondary N) is 1. The van der Waals surface area contributed by atoms with Crippen LogP contribution in [0.4, 0.5) is 0 Å². The third-order valence-electron chi connectivity index (χ3n) is 1.74. The number of aromatic nitrogens is 2. The van der Waals surface area contributed by atoms with Gasteiger partial charge in [0.25, 0.3) is 0 Å². The lowest BCUT2D eigenvalue weighted by atomic mass is 9.97. The number of aryl methyl sites for hydroxylation is 1. The van der Waals surface area contributed by atoms with Gasteiger partial charge < -0.3 is 9.84 Å². The molecule has 1 aromatic rings. The Bertz CT molecular complexity index is 280. The summed E-state index contributed by atoms with van der Waals surface area (Å²) < 4.78 is 5.00. The van der Waals surface area contributed by atoms with Crippen molar-refractivity contribution >= 4 is 12.4 Å². The van der Waals surface area contributed by atoms with E-state index in [4.69, 9.17) is 4.52 Å². The topological polar surface area (TPSA) is 51.0 Å². The fourth-order valence-corrected chi connectivity index (χ4v) is 1.10. The smallest absolute Gasteiger partial charge is 0.227 e. The summed E-state index contributed by atoms with van der Waals surface area (Å²) in [6, 6.07) is 0. The first-order valence-corrected chi connectivity index (χ1v) is 4.97. The van der Waals surface area contributed by atoms with Crippen LogP contribution in [-0.2, 0) is 6.42 Å². The Kier molecular flexibility index (Phi) is 5.83. The summed E-state index contributed by atoms with van der Waals surface area (Å²) in [5.41, 5.74) is 0.324. The highest BCUT2D eigenvalue weighted by molar-refractivity contribution is 5.85. The molecule has 1 aromatic heterocycles. The molecule has 0 aromatic carbocycles. The fourth-order valence-electron chi connectivity index (χ4n) is 1.10. The van der Waals surface area contributed by atoms with Crippen LogP contribution in [0.2, 0.25) is 0 Å². The second-order valence-corrected chi connectivity index (χ2v) is 4.72. The van der Waals surface area contributed by atoms with Crippen LogP contribution in [0.25, 0.3) is 0 Å². The highest BCUT2D eigenvalue weighted by Gasteiger charge is 2.09. The van der Waals surface area contributed by atoms with E-state index in [2.05, 4.69) is 36.2 Å². The average Bonchev–Trinajstić information content (AvgIpc) is 2.44. The Morgan fingerprint density at radius 1 is 1.33 bits per heavy atom. The third-order valence-corrected chi connectivity index (χ3v) is 1.74. The molecule has 1 heterocycles. The molecule has 1 N–H and O–H groups in total. The Labute approximate surface area is 97.2 Å². The van der Waals surface area contributed by atoms with Gasteiger partial charge in [0.2, 0.25) is 5.89 Å². The van der Waals surface area contributed by atoms with Gasteiger partial charge >= 0.3 is 0 Å². The molecular formula is C10H20ClN3O. The minimum absolute atomic E-state index is 0. The molecule has 4 nitrogen and oxygen atoms in total. The predicted octanol–water partition coefficient (Wildman–Crippen LogP) is 1.98. The monoisotopic (exact) mass is 233 g/mol. The van der Waals surface area contributed by atoms with Gasteiger partial charge in [-0.25, -0.2) is 0 Å². The molecule has 0 aliphatic rings. The molecule has 0 amide bonds. The molecular weight excluding hydrogens is 214 g/mol. The lowest BCUT2D eigenvalue weighted by Gasteiger charge is -2.18. The van der Waals surface area contributed by atoms with Crippen molar-refractivity contribution < 1.29 is 4.52 Å². The largest absolute Gasteiger partial charge is 0.339 e. The van der Waals surface area contributed by atoms with Gasteiger partial charge in [0, 0.05) is 19.5 Å². The van der Waals surface area contributed by atoms with Crippen molar-refractivity contribution in [1.82, 2.24) is 15.5 Å². The standard InChI is InChI=1S/C10H19N3O.ClH/c1-8-12-9(14-13-8)5-6-11-7-10(2,3)4;/h11H,5-7H2,1-4H3;1H. The van der Waals surface area contributed by atoms with Crippen molar-refractivity contribution in [3.63, 3.8) is 0 Å². The van der Waals surface area contributed by atoms with Gasteiger partial charge in [-0.1, -0.05) is 25.9 Å². The van der Waals surface area contributed by atoms with Gasteiger partial charge in [-0.3, -0.25) is 0 Å². The third kappa shape index (κ3) is 6.47. The van der Waals surface area contributed by atoms with Crippen LogP contribution in [0.1, 0.15) is 32.5 Å². The Morgan fingerprint density at radius 2 is 2.00 bits per heavy atom. The van der Waals surface area contributed by atoms with Crippen molar-refractivity contribution in [2.24, 2.45) is 5.41 Å². The molecule has 1 rings (SSSR count). The predicted molar refractivity (Wildman–Crippen MR) is 62.3 cm³/mol. The quantitative estimate of drug-likeness (QED) is 0.808. The van der Waals surface area contributed by atoms with Gasteiger partial charge in [0.15, 0.2) is 5.82 Å². The molecule has 0 saturated carbocycles. The highest BCUT2D eigenvalue weighted by Crippen LogP contribution is 2.09. The van der Waals surface area contributed by atoms with Gasteiger partial charge in [-0.2, -0.15) is 4.98 Å². The molecule has 88 valence electrons. The summed E-state index contributed by atoms with van der Waals surface area (Å²) in [7, 11) is 0. The van der Waals surface area contributed by atoms with E-state index in [0.717, 1.165) is 19.5 Å². The number of rotatable bonds is 4.